The fourth-order valence-corrected chi connectivity index (χ4v) is 1.31. The number of thiol groups is 1. The maximum Gasteiger partial charge on any atom is 0.0142 e. The van der Waals surface area contributed by atoms with Gasteiger partial charge in [-0.25, -0.2) is 0 Å². The van der Waals surface area contributed by atoms with Crippen molar-refractivity contribution >= 4 is 12.6 Å². The summed E-state index contributed by atoms with van der Waals surface area (Å²) in [6, 6.07) is 0. The minimum atomic E-state index is 0.609. The largest absolute Gasteiger partial charge is 0.316 e. The second kappa shape index (κ2) is 3.36. The van der Waals surface area contributed by atoms with E-state index in [1.807, 2.05) is 0 Å². The van der Waals surface area contributed by atoms with E-state index < -0.39 is 0 Å². The molecule has 1 aliphatic heterocycles. The van der Waals surface area contributed by atoms with Gasteiger partial charge >= 0.3 is 0 Å². The van der Waals surface area contributed by atoms with Gasteiger partial charge in [-0.2, -0.15) is 12.6 Å². The van der Waals surface area contributed by atoms with Crippen molar-refractivity contribution in [1.29, 1.82) is 0 Å². The van der Waals surface area contributed by atoms with Crippen LogP contribution in [0.3, 0.4) is 0 Å². The minimum absolute atomic E-state index is 0.609. The lowest BCUT2D eigenvalue weighted by Gasteiger charge is -2.03. The molecule has 1 rings (SSSR count). The number of rotatable bonds is 0. The molecular formula is C6H13NS. The smallest absolute Gasteiger partial charge is 0.0142 e. The standard InChI is InChI=1S/C6H13NS/c8-6-3-1-2-4-7-5-6/h6-8H,1-5H2. The molecule has 0 radical (unpaired) electrons. The Kier molecular flexibility index (Phi) is 2.70. The first-order chi connectivity index (χ1) is 3.89. The number of hydrogen-bond acceptors (Lipinski definition) is 2. The average Bonchev–Trinajstić information content (AvgIpc) is 1.94. The van der Waals surface area contributed by atoms with Crippen molar-refractivity contribution in [1.82, 2.24) is 5.32 Å². The van der Waals surface area contributed by atoms with Crippen molar-refractivity contribution in [2.24, 2.45) is 0 Å². The molecule has 0 amide bonds. The molecule has 8 heavy (non-hydrogen) atoms. The van der Waals surface area contributed by atoms with E-state index in [4.69, 9.17) is 0 Å². The van der Waals surface area contributed by atoms with Gasteiger partial charge in [0.05, 0.1) is 0 Å². The van der Waals surface area contributed by atoms with Gasteiger partial charge in [0.2, 0.25) is 0 Å². The molecule has 48 valence electrons. The Labute approximate surface area is 56.3 Å². The van der Waals surface area contributed by atoms with Crippen LogP contribution in [0.4, 0.5) is 0 Å². The Balaban J connectivity index is 2.17. The molecule has 1 nitrogen and oxygen atoms in total. The number of nitrogens with one attached hydrogen (secondary N) is 1. The van der Waals surface area contributed by atoms with Crippen LogP contribution in [0, 0.1) is 0 Å². The number of hydrogen-bond donors (Lipinski definition) is 2. The van der Waals surface area contributed by atoms with Crippen LogP contribution >= 0.6 is 12.6 Å². The summed E-state index contributed by atoms with van der Waals surface area (Å²) < 4.78 is 0. The lowest BCUT2D eigenvalue weighted by molar-refractivity contribution is 0.707. The van der Waals surface area contributed by atoms with E-state index in [2.05, 4.69) is 17.9 Å². The third-order valence-corrected chi connectivity index (χ3v) is 1.96. The Hall–Kier alpha value is 0.310. The molecule has 0 aromatic heterocycles. The summed E-state index contributed by atoms with van der Waals surface area (Å²) in [5, 5.41) is 3.93. The fourth-order valence-electron chi connectivity index (χ4n) is 1.00. The summed E-state index contributed by atoms with van der Waals surface area (Å²) in [5.74, 6) is 0. The Morgan fingerprint density at radius 2 is 2.25 bits per heavy atom. The predicted octanol–water partition coefficient (Wildman–Crippen LogP) is 1.06. The van der Waals surface area contributed by atoms with Crippen LogP contribution in [0.1, 0.15) is 19.3 Å². The van der Waals surface area contributed by atoms with E-state index in [1.165, 1.54) is 25.8 Å². The zero-order valence-electron chi connectivity index (χ0n) is 5.06. The maximum atomic E-state index is 4.37. The van der Waals surface area contributed by atoms with E-state index in [0.29, 0.717) is 5.25 Å². The van der Waals surface area contributed by atoms with Gasteiger partial charge in [-0.3, -0.25) is 0 Å². The molecular weight excluding hydrogens is 118 g/mol. The second-order valence-electron chi connectivity index (χ2n) is 2.35. The molecule has 0 saturated carbocycles. The van der Waals surface area contributed by atoms with Gasteiger partial charge in [0, 0.05) is 11.8 Å². The molecule has 1 N–H and O–H groups in total. The van der Waals surface area contributed by atoms with Crippen molar-refractivity contribution < 1.29 is 0 Å². The van der Waals surface area contributed by atoms with Crippen molar-refractivity contribution in [2.75, 3.05) is 13.1 Å². The first-order valence-electron chi connectivity index (χ1n) is 3.28. The molecule has 0 spiro atoms. The van der Waals surface area contributed by atoms with Crippen LogP contribution in [-0.4, -0.2) is 18.3 Å². The van der Waals surface area contributed by atoms with Gasteiger partial charge in [-0.15, -0.1) is 0 Å². The van der Waals surface area contributed by atoms with Crippen LogP contribution in [-0.2, 0) is 0 Å². The maximum absolute atomic E-state index is 4.37. The molecule has 0 bridgehead atoms. The van der Waals surface area contributed by atoms with Gasteiger partial charge in [-0.1, -0.05) is 6.42 Å². The molecule has 1 atom stereocenters. The van der Waals surface area contributed by atoms with Crippen molar-refractivity contribution in [3.63, 3.8) is 0 Å². The van der Waals surface area contributed by atoms with Crippen molar-refractivity contribution in [2.45, 2.75) is 24.5 Å². The fraction of sp³-hybridized carbons (Fsp3) is 1.00. The van der Waals surface area contributed by atoms with E-state index in [1.54, 1.807) is 0 Å². The Morgan fingerprint density at radius 3 is 3.12 bits per heavy atom. The summed E-state index contributed by atoms with van der Waals surface area (Å²) in [7, 11) is 0. The average molecular weight is 131 g/mol. The molecule has 1 saturated heterocycles. The third-order valence-electron chi connectivity index (χ3n) is 1.52. The summed E-state index contributed by atoms with van der Waals surface area (Å²) in [5.41, 5.74) is 0. The zero-order valence-corrected chi connectivity index (χ0v) is 5.95. The predicted molar refractivity (Wildman–Crippen MR) is 39.5 cm³/mol. The van der Waals surface area contributed by atoms with E-state index in [9.17, 15) is 0 Å². The SMILES string of the molecule is SC1CCCCNC1. The summed E-state index contributed by atoms with van der Waals surface area (Å²) in [4.78, 5) is 0. The topological polar surface area (TPSA) is 12.0 Å². The Morgan fingerprint density at radius 1 is 1.38 bits per heavy atom. The zero-order chi connectivity index (χ0) is 5.82. The van der Waals surface area contributed by atoms with Crippen molar-refractivity contribution in [3.8, 4) is 0 Å². The quantitative estimate of drug-likeness (QED) is 0.468. The highest BCUT2D eigenvalue weighted by Gasteiger charge is 2.04. The van der Waals surface area contributed by atoms with Gasteiger partial charge in [0.1, 0.15) is 0 Å². The monoisotopic (exact) mass is 131 g/mol. The van der Waals surface area contributed by atoms with Crippen LogP contribution in [0.25, 0.3) is 0 Å². The summed E-state index contributed by atoms with van der Waals surface area (Å²) >= 11 is 4.37. The molecule has 1 heterocycles. The summed E-state index contributed by atoms with van der Waals surface area (Å²) in [6.07, 6.45) is 3.97. The van der Waals surface area contributed by atoms with E-state index in [0.717, 1.165) is 6.54 Å². The van der Waals surface area contributed by atoms with E-state index >= 15 is 0 Å². The van der Waals surface area contributed by atoms with E-state index in [-0.39, 0.29) is 0 Å². The molecule has 1 fully saturated rings. The highest BCUT2D eigenvalue weighted by molar-refractivity contribution is 7.81. The molecule has 0 aliphatic carbocycles. The van der Waals surface area contributed by atoms with Crippen LogP contribution < -0.4 is 5.32 Å². The Bertz CT molecular complexity index is 57.5. The normalized spacial score (nSPS) is 31.9. The van der Waals surface area contributed by atoms with Crippen LogP contribution in [0.2, 0.25) is 0 Å². The molecule has 1 unspecified atom stereocenters. The second-order valence-corrected chi connectivity index (χ2v) is 3.08. The van der Waals surface area contributed by atoms with Crippen LogP contribution in [0.5, 0.6) is 0 Å². The lowest BCUT2D eigenvalue weighted by Crippen LogP contribution is -2.20. The van der Waals surface area contributed by atoms with Gasteiger partial charge in [-0.05, 0) is 19.4 Å². The molecule has 2 heteroatoms. The highest BCUT2D eigenvalue weighted by atomic mass is 32.1. The molecule has 1 aliphatic rings. The first kappa shape index (κ1) is 6.43. The van der Waals surface area contributed by atoms with Gasteiger partial charge in [0.25, 0.3) is 0 Å². The minimum Gasteiger partial charge on any atom is -0.316 e. The third kappa shape index (κ3) is 2.05. The first-order valence-corrected chi connectivity index (χ1v) is 3.80. The summed E-state index contributed by atoms with van der Waals surface area (Å²) in [6.45, 7) is 2.29. The van der Waals surface area contributed by atoms with Gasteiger partial charge < -0.3 is 5.32 Å². The molecule has 0 aromatic carbocycles. The highest BCUT2D eigenvalue weighted by Crippen LogP contribution is 2.08. The van der Waals surface area contributed by atoms with Crippen LogP contribution in [0.15, 0.2) is 0 Å². The molecule has 0 aromatic rings. The van der Waals surface area contributed by atoms with Gasteiger partial charge in [0.15, 0.2) is 0 Å². The lowest BCUT2D eigenvalue weighted by atomic mass is 10.2. The van der Waals surface area contributed by atoms with Crippen molar-refractivity contribution in [3.05, 3.63) is 0 Å².